The summed E-state index contributed by atoms with van der Waals surface area (Å²) in [6.07, 6.45) is 0. The number of thiophene rings is 1. The maximum Gasteiger partial charge on any atom is 0.252 e. The Morgan fingerprint density at radius 3 is 2.67 bits per heavy atom. The fourth-order valence-electron chi connectivity index (χ4n) is 1.27. The fourth-order valence-corrected chi connectivity index (χ4v) is 2.28. The van der Waals surface area contributed by atoms with E-state index in [1.165, 1.54) is 11.3 Å². The van der Waals surface area contributed by atoms with E-state index in [-0.39, 0.29) is 5.82 Å². The number of nitrogens with one attached hydrogen (secondary N) is 1. The van der Waals surface area contributed by atoms with Crippen LogP contribution < -0.4 is 11.5 Å². The van der Waals surface area contributed by atoms with E-state index in [1.807, 2.05) is 6.07 Å². The molecule has 5 N–H and O–H groups in total. The smallest absolute Gasteiger partial charge is 0.252 e. The zero-order chi connectivity index (χ0) is 11.0. The Morgan fingerprint density at radius 2 is 2.20 bits per heavy atom. The molecule has 0 saturated heterocycles. The molecule has 6 heteroatoms. The van der Waals surface area contributed by atoms with Crippen LogP contribution in [0.3, 0.4) is 0 Å². The van der Waals surface area contributed by atoms with Gasteiger partial charge in [-0.1, -0.05) is 11.6 Å². The molecule has 0 aliphatic rings. The monoisotopic (exact) mass is 241 g/mol. The van der Waals surface area contributed by atoms with Crippen LogP contribution >= 0.6 is 22.9 Å². The van der Waals surface area contributed by atoms with Gasteiger partial charge in [0.05, 0.1) is 20.5 Å². The molecule has 0 aliphatic heterocycles. The lowest BCUT2D eigenvalue weighted by atomic mass is 10.2. The fraction of sp³-hybridized carbons (Fsp3) is 0. The number of amides is 1. The largest absolute Gasteiger partial charge is 0.385 e. The van der Waals surface area contributed by atoms with Gasteiger partial charge in [-0.3, -0.25) is 4.79 Å². The minimum Gasteiger partial charge on any atom is -0.385 e. The first-order valence-corrected chi connectivity index (χ1v) is 5.31. The summed E-state index contributed by atoms with van der Waals surface area (Å²) in [6, 6.07) is 5.26. The van der Waals surface area contributed by atoms with E-state index in [2.05, 4.69) is 4.98 Å². The lowest BCUT2D eigenvalue weighted by molar-refractivity contribution is 0.100. The van der Waals surface area contributed by atoms with Crippen LogP contribution in [0.4, 0.5) is 5.82 Å². The standard InChI is InChI=1S/C9H8ClN3OS/c10-7-2-1-6(15-7)5-3-4(9(12)14)8(11)13-5/h1-3,13H,11H2,(H2,12,14). The van der Waals surface area contributed by atoms with Gasteiger partial charge < -0.3 is 16.5 Å². The van der Waals surface area contributed by atoms with E-state index >= 15 is 0 Å². The Balaban J connectivity index is 2.46. The van der Waals surface area contributed by atoms with Crippen molar-refractivity contribution in [2.24, 2.45) is 5.73 Å². The maximum atomic E-state index is 11.0. The molecule has 2 heterocycles. The number of halogens is 1. The Hall–Kier alpha value is -1.46. The molecule has 1 amide bonds. The van der Waals surface area contributed by atoms with Crippen LogP contribution in [0.25, 0.3) is 10.6 Å². The van der Waals surface area contributed by atoms with Gasteiger partial charge >= 0.3 is 0 Å². The zero-order valence-electron chi connectivity index (χ0n) is 7.58. The Labute approximate surface area is 94.8 Å². The summed E-state index contributed by atoms with van der Waals surface area (Å²) >= 11 is 7.20. The summed E-state index contributed by atoms with van der Waals surface area (Å²) in [7, 11) is 0. The van der Waals surface area contributed by atoms with Crippen molar-refractivity contribution in [2.75, 3.05) is 5.73 Å². The second kappa shape index (κ2) is 3.60. The SMILES string of the molecule is NC(=O)c1cc(-c2ccc(Cl)s2)[nH]c1N. The van der Waals surface area contributed by atoms with E-state index < -0.39 is 5.91 Å². The average molecular weight is 242 g/mol. The van der Waals surface area contributed by atoms with Gasteiger partial charge in [0.15, 0.2) is 0 Å². The molecule has 0 atom stereocenters. The second-order valence-electron chi connectivity index (χ2n) is 2.98. The third-order valence-electron chi connectivity index (χ3n) is 1.95. The number of primary amides is 1. The highest BCUT2D eigenvalue weighted by Crippen LogP contribution is 2.31. The molecular weight excluding hydrogens is 234 g/mol. The molecule has 0 bridgehead atoms. The highest BCUT2D eigenvalue weighted by molar-refractivity contribution is 7.19. The van der Waals surface area contributed by atoms with Gasteiger partial charge in [-0.15, -0.1) is 11.3 Å². The van der Waals surface area contributed by atoms with E-state index in [0.29, 0.717) is 9.90 Å². The molecule has 0 fully saturated rings. The number of anilines is 1. The van der Waals surface area contributed by atoms with Gasteiger partial charge in [-0.25, -0.2) is 0 Å². The molecule has 0 aliphatic carbocycles. The number of hydrogen-bond donors (Lipinski definition) is 3. The number of carbonyl (C=O) groups excluding carboxylic acids is 1. The molecule has 4 nitrogen and oxygen atoms in total. The van der Waals surface area contributed by atoms with E-state index in [1.54, 1.807) is 12.1 Å². The summed E-state index contributed by atoms with van der Waals surface area (Å²) in [6.45, 7) is 0. The lowest BCUT2D eigenvalue weighted by Crippen LogP contribution is -2.11. The van der Waals surface area contributed by atoms with Crippen molar-refractivity contribution < 1.29 is 4.79 Å². The highest BCUT2D eigenvalue weighted by Gasteiger charge is 2.12. The third-order valence-corrected chi connectivity index (χ3v) is 3.22. The van der Waals surface area contributed by atoms with Crippen molar-refractivity contribution in [1.29, 1.82) is 0 Å². The molecule has 0 spiro atoms. The molecule has 0 aromatic carbocycles. The third kappa shape index (κ3) is 1.84. The molecule has 2 rings (SSSR count). The quantitative estimate of drug-likeness (QED) is 0.752. The molecule has 2 aromatic heterocycles. The van der Waals surface area contributed by atoms with Crippen molar-refractivity contribution in [2.45, 2.75) is 0 Å². The summed E-state index contributed by atoms with van der Waals surface area (Å²) in [4.78, 5) is 14.8. The first kappa shape index (κ1) is 10.1. The number of rotatable bonds is 2. The molecule has 78 valence electrons. The van der Waals surface area contributed by atoms with Crippen molar-refractivity contribution in [1.82, 2.24) is 4.98 Å². The predicted octanol–water partition coefficient (Wildman–Crippen LogP) is 2.08. The van der Waals surface area contributed by atoms with Gasteiger partial charge in [0.25, 0.3) is 5.91 Å². The highest BCUT2D eigenvalue weighted by atomic mass is 35.5. The van der Waals surface area contributed by atoms with Crippen LogP contribution in [0.15, 0.2) is 18.2 Å². The van der Waals surface area contributed by atoms with Gasteiger partial charge in [0.1, 0.15) is 5.82 Å². The van der Waals surface area contributed by atoms with Crippen molar-refractivity contribution >= 4 is 34.7 Å². The van der Waals surface area contributed by atoms with Crippen LogP contribution in [0.5, 0.6) is 0 Å². The maximum absolute atomic E-state index is 11.0. The van der Waals surface area contributed by atoms with Crippen LogP contribution in [-0.4, -0.2) is 10.9 Å². The molecule has 0 radical (unpaired) electrons. The number of aromatic amines is 1. The Kier molecular flexibility index (Phi) is 2.42. The van der Waals surface area contributed by atoms with Crippen LogP contribution in [0.2, 0.25) is 4.34 Å². The minimum atomic E-state index is -0.544. The van der Waals surface area contributed by atoms with Crippen molar-refractivity contribution in [3.8, 4) is 10.6 Å². The number of carbonyl (C=O) groups is 1. The van der Waals surface area contributed by atoms with Gasteiger partial charge in [0.2, 0.25) is 0 Å². The number of hydrogen-bond acceptors (Lipinski definition) is 3. The zero-order valence-corrected chi connectivity index (χ0v) is 9.15. The van der Waals surface area contributed by atoms with Crippen LogP contribution in [0, 0.1) is 0 Å². The molecular formula is C9H8ClN3OS. The van der Waals surface area contributed by atoms with Crippen LogP contribution in [0.1, 0.15) is 10.4 Å². The van der Waals surface area contributed by atoms with E-state index in [0.717, 1.165) is 10.6 Å². The summed E-state index contributed by atoms with van der Waals surface area (Å²) < 4.78 is 0.679. The van der Waals surface area contributed by atoms with E-state index in [4.69, 9.17) is 23.1 Å². The molecule has 2 aromatic rings. The lowest BCUT2D eigenvalue weighted by Gasteiger charge is -1.89. The minimum absolute atomic E-state index is 0.280. The first-order valence-electron chi connectivity index (χ1n) is 4.12. The summed E-state index contributed by atoms with van der Waals surface area (Å²) in [5.74, 6) is -0.264. The second-order valence-corrected chi connectivity index (χ2v) is 4.69. The summed E-state index contributed by atoms with van der Waals surface area (Å²) in [5.41, 5.74) is 11.8. The van der Waals surface area contributed by atoms with Gasteiger partial charge in [-0.2, -0.15) is 0 Å². The van der Waals surface area contributed by atoms with Crippen LogP contribution in [-0.2, 0) is 0 Å². The molecule has 0 unspecified atom stereocenters. The summed E-state index contributed by atoms with van der Waals surface area (Å²) in [5, 5.41) is 0. The molecule has 15 heavy (non-hydrogen) atoms. The number of nitrogen functional groups attached to an aromatic ring is 1. The van der Waals surface area contributed by atoms with E-state index in [9.17, 15) is 4.79 Å². The average Bonchev–Trinajstić information content (AvgIpc) is 2.71. The van der Waals surface area contributed by atoms with Gasteiger partial charge in [-0.05, 0) is 18.2 Å². The van der Waals surface area contributed by atoms with Crippen molar-refractivity contribution in [3.05, 3.63) is 28.1 Å². The number of H-pyrrole nitrogens is 1. The number of nitrogens with two attached hydrogens (primary N) is 2. The molecule has 0 saturated carbocycles. The predicted molar refractivity (Wildman–Crippen MR) is 62.0 cm³/mol. The number of aromatic nitrogens is 1. The van der Waals surface area contributed by atoms with Crippen molar-refractivity contribution in [3.63, 3.8) is 0 Å². The Morgan fingerprint density at radius 1 is 1.47 bits per heavy atom. The topological polar surface area (TPSA) is 84.9 Å². The first-order chi connectivity index (χ1) is 7.08. The Bertz CT molecular complexity index is 517. The van der Waals surface area contributed by atoms with Gasteiger partial charge in [0, 0.05) is 0 Å². The normalized spacial score (nSPS) is 10.5.